The molecule has 1 aromatic rings. The number of carbonyl (C=O) groups excluding carboxylic acids is 1. The predicted molar refractivity (Wildman–Crippen MR) is 65.5 cm³/mol. The minimum atomic E-state index is -0.918. The Morgan fingerprint density at radius 3 is 2.59 bits per heavy atom. The number of thioether (sulfide) groups is 1. The second-order valence-corrected chi connectivity index (χ2v) is 4.24. The lowest BCUT2D eigenvalue weighted by atomic mass is 10.1. The fourth-order valence-corrected chi connectivity index (χ4v) is 1.90. The molecule has 0 aromatic heterocycles. The molecule has 0 saturated carbocycles. The highest BCUT2D eigenvalue weighted by molar-refractivity contribution is 7.98. The average Bonchev–Trinajstić information content (AvgIpc) is 2.28. The van der Waals surface area contributed by atoms with Gasteiger partial charge in [0.05, 0.1) is 18.6 Å². The zero-order valence-electron chi connectivity index (χ0n) is 9.73. The maximum Gasteiger partial charge on any atom is 0.338 e. The molecule has 17 heavy (non-hydrogen) atoms. The van der Waals surface area contributed by atoms with Gasteiger partial charge >= 0.3 is 11.9 Å². The molecule has 0 amide bonds. The smallest absolute Gasteiger partial charge is 0.338 e. The first-order valence-electron chi connectivity index (χ1n) is 5.13. The number of carboxylic acids is 1. The number of esters is 1. The number of aliphatic carboxylic acids is 1. The second-order valence-electron chi connectivity index (χ2n) is 3.36. The summed E-state index contributed by atoms with van der Waals surface area (Å²) in [4.78, 5) is 23.1. The molecule has 0 atom stereocenters. The Morgan fingerprint density at radius 2 is 2.06 bits per heavy atom. The molecule has 0 spiro atoms. The third kappa shape index (κ3) is 4.11. The van der Waals surface area contributed by atoms with Crippen molar-refractivity contribution in [2.45, 2.75) is 18.2 Å². The van der Waals surface area contributed by atoms with Gasteiger partial charge in [-0.1, -0.05) is 0 Å². The lowest BCUT2D eigenvalue weighted by Crippen LogP contribution is -2.07. The van der Waals surface area contributed by atoms with Crippen LogP contribution in [0, 0.1) is 0 Å². The van der Waals surface area contributed by atoms with Gasteiger partial charge in [-0.05, 0) is 36.9 Å². The van der Waals surface area contributed by atoms with Crippen LogP contribution in [0.4, 0.5) is 0 Å². The molecule has 5 heteroatoms. The van der Waals surface area contributed by atoms with Gasteiger partial charge < -0.3 is 9.84 Å². The number of hydrogen-bond acceptors (Lipinski definition) is 4. The normalized spacial score (nSPS) is 10.0. The number of rotatable bonds is 5. The van der Waals surface area contributed by atoms with Gasteiger partial charge in [0, 0.05) is 4.90 Å². The Kier molecular flexibility index (Phi) is 5.03. The maximum absolute atomic E-state index is 11.6. The van der Waals surface area contributed by atoms with Gasteiger partial charge in [-0.15, -0.1) is 11.8 Å². The van der Waals surface area contributed by atoms with Crippen LogP contribution >= 0.6 is 11.8 Å². The monoisotopic (exact) mass is 254 g/mol. The lowest BCUT2D eigenvalue weighted by molar-refractivity contribution is -0.136. The van der Waals surface area contributed by atoms with E-state index in [9.17, 15) is 9.59 Å². The molecule has 0 aliphatic heterocycles. The SMILES string of the molecule is CCOC(=O)c1cc(CC(=O)O)cc(SC)c1. The van der Waals surface area contributed by atoms with Crippen molar-refractivity contribution in [1.82, 2.24) is 0 Å². The topological polar surface area (TPSA) is 63.6 Å². The van der Waals surface area contributed by atoms with Crippen LogP contribution in [0.1, 0.15) is 22.8 Å². The molecule has 0 fully saturated rings. The molecule has 0 bridgehead atoms. The first kappa shape index (κ1) is 13.6. The third-order valence-electron chi connectivity index (χ3n) is 2.07. The minimum Gasteiger partial charge on any atom is -0.481 e. The van der Waals surface area contributed by atoms with Crippen LogP contribution in [0.2, 0.25) is 0 Å². The Labute approximate surface area is 104 Å². The average molecular weight is 254 g/mol. The minimum absolute atomic E-state index is 0.0964. The van der Waals surface area contributed by atoms with Crippen molar-refractivity contribution in [3.63, 3.8) is 0 Å². The largest absolute Gasteiger partial charge is 0.481 e. The van der Waals surface area contributed by atoms with Gasteiger partial charge in [0.15, 0.2) is 0 Å². The summed E-state index contributed by atoms with van der Waals surface area (Å²) in [5.41, 5.74) is 1.00. The molecule has 1 N–H and O–H groups in total. The molecule has 1 aromatic carbocycles. The van der Waals surface area contributed by atoms with E-state index in [1.165, 1.54) is 11.8 Å². The van der Waals surface area contributed by atoms with E-state index in [1.54, 1.807) is 25.1 Å². The van der Waals surface area contributed by atoms with Gasteiger partial charge in [-0.2, -0.15) is 0 Å². The number of benzene rings is 1. The summed E-state index contributed by atoms with van der Waals surface area (Å²) in [6.07, 6.45) is 1.77. The van der Waals surface area contributed by atoms with Crippen molar-refractivity contribution in [2.24, 2.45) is 0 Å². The predicted octanol–water partition coefficient (Wildman–Crippen LogP) is 2.21. The van der Waals surface area contributed by atoms with Crippen molar-refractivity contribution >= 4 is 23.7 Å². The Balaban J connectivity index is 3.04. The van der Waals surface area contributed by atoms with Crippen LogP contribution < -0.4 is 0 Å². The Morgan fingerprint density at radius 1 is 1.35 bits per heavy atom. The van der Waals surface area contributed by atoms with E-state index in [1.807, 2.05) is 6.26 Å². The number of ether oxygens (including phenoxy) is 1. The van der Waals surface area contributed by atoms with Crippen molar-refractivity contribution < 1.29 is 19.4 Å². The van der Waals surface area contributed by atoms with Gasteiger partial charge in [0.1, 0.15) is 0 Å². The summed E-state index contributed by atoms with van der Waals surface area (Å²) in [5.74, 6) is -1.34. The molecule has 0 heterocycles. The number of hydrogen-bond donors (Lipinski definition) is 1. The van der Waals surface area contributed by atoms with Crippen LogP contribution in [0.3, 0.4) is 0 Å². The van der Waals surface area contributed by atoms with Gasteiger partial charge in [-0.25, -0.2) is 4.79 Å². The fourth-order valence-electron chi connectivity index (χ4n) is 1.39. The fraction of sp³-hybridized carbons (Fsp3) is 0.333. The van der Waals surface area contributed by atoms with Crippen molar-refractivity contribution in [1.29, 1.82) is 0 Å². The summed E-state index contributed by atoms with van der Waals surface area (Å²) in [5, 5.41) is 8.74. The summed E-state index contributed by atoms with van der Waals surface area (Å²) >= 11 is 1.46. The van der Waals surface area contributed by atoms with Crippen molar-refractivity contribution in [3.8, 4) is 0 Å². The van der Waals surface area contributed by atoms with Crippen molar-refractivity contribution in [2.75, 3.05) is 12.9 Å². The maximum atomic E-state index is 11.6. The third-order valence-corrected chi connectivity index (χ3v) is 2.78. The molecule has 0 aliphatic carbocycles. The number of carboxylic acid groups (broad SMARTS) is 1. The van der Waals surface area contributed by atoms with E-state index in [4.69, 9.17) is 9.84 Å². The van der Waals surface area contributed by atoms with Gasteiger partial charge in [0.25, 0.3) is 0 Å². The van der Waals surface area contributed by atoms with Crippen LogP contribution in [-0.4, -0.2) is 29.9 Å². The molecule has 92 valence electrons. The molecule has 0 radical (unpaired) electrons. The summed E-state index contributed by atoms with van der Waals surface area (Å²) in [6, 6.07) is 5.03. The molecule has 1 rings (SSSR count). The highest BCUT2D eigenvalue weighted by Crippen LogP contribution is 2.20. The zero-order chi connectivity index (χ0) is 12.8. The molecular weight excluding hydrogens is 240 g/mol. The first-order valence-corrected chi connectivity index (χ1v) is 6.36. The summed E-state index contributed by atoms with van der Waals surface area (Å²) in [7, 11) is 0. The molecule has 0 unspecified atom stereocenters. The van der Waals surface area contributed by atoms with E-state index >= 15 is 0 Å². The second kappa shape index (κ2) is 6.30. The molecular formula is C12H14O4S. The van der Waals surface area contributed by atoms with E-state index < -0.39 is 11.9 Å². The summed E-state index contributed by atoms with van der Waals surface area (Å²) in [6.45, 7) is 2.03. The van der Waals surface area contributed by atoms with Crippen LogP contribution in [0.25, 0.3) is 0 Å². The van der Waals surface area contributed by atoms with Gasteiger partial charge in [-0.3, -0.25) is 4.79 Å². The Hall–Kier alpha value is -1.49. The highest BCUT2D eigenvalue weighted by Gasteiger charge is 2.11. The van der Waals surface area contributed by atoms with E-state index in [-0.39, 0.29) is 6.42 Å². The molecule has 0 saturated heterocycles. The first-order chi connectivity index (χ1) is 8.06. The Bertz CT molecular complexity index is 429. The quantitative estimate of drug-likeness (QED) is 0.644. The lowest BCUT2D eigenvalue weighted by Gasteiger charge is -2.06. The standard InChI is InChI=1S/C12H14O4S/c1-3-16-12(15)9-4-8(6-11(13)14)5-10(7-9)17-2/h4-5,7H,3,6H2,1-2H3,(H,13,14). The van der Waals surface area contributed by atoms with Crippen LogP contribution in [0.5, 0.6) is 0 Å². The zero-order valence-corrected chi connectivity index (χ0v) is 10.5. The van der Waals surface area contributed by atoms with E-state index in [0.29, 0.717) is 17.7 Å². The highest BCUT2D eigenvalue weighted by atomic mass is 32.2. The molecule has 0 aliphatic rings. The summed E-state index contributed by atoms with van der Waals surface area (Å²) < 4.78 is 4.89. The van der Waals surface area contributed by atoms with Crippen LogP contribution in [-0.2, 0) is 16.0 Å². The number of carbonyl (C=O) groups is 2. The van der Waals surface area contributed by atoms with Crippen LogP contribution in [0.15, 0.2) is 23.1 Å². The van der Waals surface area contributed by atoms with E-state index in [2.05, 4.69) is 0 Å². The molecule has 4 nitrogen and oxygen atoms in total. The van der Waals surface area contributed by atoms with Gasteiger partial charge in [0.2, 0.25) is 0 Å². The van der Waals surface area contributed by atoms with Crippen molar-refractivity contribution in [3.05, 3.63) is 29.3 Å². The van der Waals surface area contributed by atoms with E-state index in [0.717, 1.165) is 4.90 Å².